The zero-order valence-electron chi connectivity index (χ0n) is 12.7. The summed E-state index contributed by atoms with van der Waals surface area (Å²) in [6, 6.07) is 4.37. The molecule has 0 saturated heterocycles. The molecule has 116 valence electrons. The van der Waals surface area contributed by atoms with E-state index >= 15 is 0 Å². The highest BCUT2D eigenvalue weighted by molar-refractivity contribution is 5.95. The average molecular weight is 295 g/mol. The molecule has 0 aliphatic heterocycles. The van der Waals surface area contributed by atoms with Crippen LogP contribution in [0.5, 0.6) is 0 Å². The Morgan fingerprint density at radius 2 is 2.10 bits per heavy atom. The molecule has 0 spiro atoms. The van der Waals surface area contributed by atoms with E-state index in [4.69, 9.17) is 4.74 Å². The van der Waals surface area contributed by atoms with Crippen LogP contribution in [0.3, 0.4) is 0 Å². The summed E-state index contributed by atoms with van der Waals surface area (Å²) < 4.78 is 5.08. The number of nitrogens with zero attached hydrogens (tertiary/aromatic N) is 1. The van der Waals surface area contributed by atoms with Gasteiger partial charge in [-0.05, 0) is 32.9 Å². The maximum atomic E-state index is 11.7. The Bertz CT molecular complexity index is 529. The van der Waals surface area contributed by atoms with Crippen molar-refractivity contribution in [2.45, 2.75) is 26.3 Å². The predicted molar refractivity (Wildman–Crippen MR) is 80.7 cm³/mol. The van der Waals surface area contributed by atoms with Crippen LogP contribution in [-0.4, -0.2) is 36.6 Å². The van der Waals surface area contributed by atoms with Crippen molar-refractivity contribution in [2.24, 2.45) is 0 Å². The van der Waals surface area contributed by atoms with Gasteiger partial charge in [0.25, 0.3) is 11.6 Å². The lowest BCUT2D eigenvalue weighted by molar-refractivity contribution is -0.384. The first-order valence-electron chi connectivity index (χ1n) is 6.64. The van der Waals surface area contributed by atoms with Crippen molar-refractivity contribution in [1.29, 1.82) is 0 Å². The van der Waals surface area contributed by atoms with E-state index in [1.165, 1.54) is 6.07 Å². The Hall–Kier alpha value is -2.15. The molecule has 0 bridgehead atoms. The number of hydrogen-bond donors (Lipinski definition) is 2. The Morgan fingerprint density at radius 3 is 2.62 bits per heavy atom. The largest absolute Gasteiger partial charge is 0.382 e. The van der Waals surface area contributed by atoms with E-state index in [1.54, 1.807) is 26.2 Å². The van der Waals surface area contributed by atoms with Gasteiger partial charge >= 0.3 is 0 Å². The summed E-state index contributed by atoms with van der Waals surface area (Å²) in [6.07, 6.45) is 0. The third-order valence-electron chi connectivity index (χ3n) is 2.77. The fourth-order valence-electron chi connectivity index (χ4n) is 1.95. The van der Waals surface area contributed by atoms with Gasteiger partial charge in [0, 0.05) is 25.3 Å². The van der Waals surface area contributed by atoms with E-state index in [0.717, 1.165) is 0 Å². The average Bonchev–Trinajstić information content (AvgIpc) is 2.38. The van der Waals surface area contributed by atoms with Crippen LogP contribution in [0, 0.1) is 10.1 Å². The summed E-state index contributed by atoms with van der Waals surface area (Å²) in [5.41, 5.74) is 0.0175. The number of rotatable bonds is 7. The molecule has 2 N–H and O–H groups in total. The number of hydrogen-bond acceptors (Lipinski definition) is 5. The van der Waals surface area contributed by atoms with Crippen LogP contribution in [0.25, 0.3) is 0 Å². The van der Waals surface area contributed by atoms with Crippen molar-refractivity contribution in [2.75, 3.05) is 25.6 Å². The van der Waals surface area contributed by atoms with Gasteiger partial charge < -0.3 is 15.4 Å². The van der Waals surface area contributed by atoms with Gasteiger partial charge in [0.05, 0.1) is 17.1 Å². The summed E-state index contributed by atoms with van der Waals surface area (Å²) in [4.78, 5) is 22.4. The molecule has 0 saturated carbocycles. The lowest BCUT2D eigenvalue weighted by atomic mass is 10.1. The molecule has 21 heavy (non-hydrogen) atoms. The third-order valence-corrected chi connectivity index (χ3v) is 2.77. The molecule has 0 aliphatic carbocycles. The number of nitro benzene ring substituents is 1. The topological polar surface area (TPSA) is 93.5 Å². The summed E-state index contributed by atoms with van der Waals surface area (Å²) >= 11 is 0. The number of anilines is 1. The van der Waals surface area contributed by atoms with Crippen molar-refractivity contribution in [3.8, 4) is 0 Å². The molecular formula is C14H21N3O4. The minimum Gasteiger partial charge on any atom is -0.382 e. The Balaban J connectivity index is 3.11. The molecule has 1 aromatic carbocycles. The minimum atomic E-state index is -0.506. The highest BCUT2D eigenvalue weighted by Gasteiger charge is 2.23. The molecule has 1 amide bonds. The predicted octanol–water partition coefficient (Wildman–Crippen LogP) is 2.18. The van der Waals surface area contributed by atoms with E-state index in [0.29, 0.717) is 18.8 Å². The second-order valence-electron chi connectivity index (χ2n) is 5.29. The number of ether oxygens (including phenoxy) is 1. The summed E-state index contributed by atoms with van der Waals surface area (Å²) in [6.45, 7) is 6.39. The number of amides is 1. The molecule has 0 heterocycles. The van der Waals surface area contributed by atoms with Crippen molar-refractivity contribution in [3.05, 3.63) is 33.9 Å². The molecule has 0 fully saturated rings. The van der Waals surface area contributed by atoms with Gasteiger partial charge in [-0.2, -0.15) is 0 Å². The van der Waals surface area contributed by atoms with Crippen molar-refractivity contribution >= 4 is 17.3 Å². The van der Waals surface area contributed by atoms with Gasteiger partial charge in [0.15, 0.2) is 0 Å². The number of methoxy groups -OCH3 is 1. The highest BCUT2D eigenvalue weighted by Crippen LogP contribution is 2.28. The number of carbonyl (C=O) groups excluding carboxylic acids is 1. The smallest absolute Gasteiger partial charge is 0.293 e. The van der Waals surface area contributed by atoms with Gasteiger partial charge in [-0.1, -0.05) is 0 Å². The number of nitro groups is 1. The monoisotopic (exact) mass is 295 g/mol. The maximum absolute atomic E-state index is 11.7. The zero-order chi connectivity index (χ0) is 16.0. The van der Waals surface area contributed by atoms with Gasteiger partial charge in [0.2, 0.25) is 0 Å². The normalized spacial score (nSPS) is 11.0. The molecule has 1 aromatic rings. The molecule has 7 nitrogen and oxygen atoms in total. The summed E-state index contributed by atoms with van der Waals surface area (Å²) in [5, 5.41) is 16.9. The molecular weight excluding hydrogens is 274 g/mol. The number of carbonyl (C=O) groups is 1. The van der Waals surface area contributed by atoms with Crippen LogP contribution in [-0.2, 0) is 4.74 Å². The summed E-state index contributed by atoms with van der Waals surface area (Å²) in [7, 11) is 1.57. The van der Waals surface area contributed by atoms with Crippen LogP contribution >= 0.6 is 0 Å². The molecule has 7 heteroatoms. The van der Waals surface area contributed by atoms with Crippen LogP contribution in [0.15, 0.2) is 18.2 Å². The SMILES string of the molecule is CCNC(=O)c1ccc(NC(C)(C)COC)c([N+](=O)[O-])c1. The minimum absolute atomic E-state index is 0.136. The fourth-order valence-corrected chi connectivity index (χ4v) is 1.95. The lowest BCUT2D eigenvalue weighted by Crippen LogP contribution is -2.36. The Morgan fingerprint density at radius 1 is 1.43 bits per heavy atom. The molecule has 1 rings (SSSR count). The van der Waals surface area contributed by atoms with Crippen LogP contribution in [0.1, 0.15) is 31.1 Å². The first kappa shape index (κ1) is 16.9. The first-order valence-corrected chi connectivity index (χ1v) is 6.64. The summed E-state index contributed by atoms with van der Waals surface area (Å²) in [5.74, 6) is -0.330. The van der Waals surface area contributed by atoms with Gasteiger partial charge in [0.1, 0.15) is 5.69 Å². The molecule has 0 aliphatic rings. The first-order chi connectivity index (χ1) is 9.80. The number of nitrogens with one attached hydrogen (secondary N) is 2. The van der Waals surface area contributed by atoms with Gasteiger partial charge in [-0.25, -0.2) is 0 Å². The van der Waals surface area contributed by atoms with E-state index in [-0.39, 0.29) is 17.2 Å². The van der Waals surface area contributed by atoms with Crippen LogP contribution < -0.4 is 10.6 Å². The second kappa shape index (κ2) is 7.03. The van der Waals surface area contributed by atoms with Crippen molar-refractivity contribution in [1.82, 2.24) is 5.32 Å². The Labute approximate surface area is 123 Å². The number of benzene rings is 1. The van der Waals surface area contributed by atoms with Crippen molar-refractivity contribution in [3.63, 3.8) is 0 Å². The van der Waals surface area contributed by atoms with E-state index in [1.807, 2.05) is 13.8 Å². The second-order valence-corrected chi connectivity index (χ2v) is 5.29. The van der Waals surface area contributed by atoms with Gasteiger partial charge in [-0.15, -0.1) is 0 Å². The van der Waals surface area contributed by atoms with E-state index < -0.39 is 10.5 Å². The third kappa shape index (κ3) is 4.71. The standard InChI is InChI=1S/C14H21N3O4/c1-5-15-13(18)10-6-7-11(12(8-10)17(19)20)16-14(2,3)9-21-4/h6-8,16H,5,9H2,1-4H3,(H,15,18). The van der Waals surface area contributed by atoms with Crippen LogP contribution in [0.2, 0.25) is 0 Å². The van der Waals surface area contributed by atoms with E-state index in [9.17, 15) is 14.9 Å². The van der Waals surface area contributed by atoms with Gasteiger partial charge in [-0.3, -0.25) is 14.9 Å². The van der Waals surface area contributed by atoms with Crippen molar-refractivity contribution < 1.29 is 14.5 Å². The lowest BCUT2D eigenvalue weighted by Gasteiger charge is -2.26. The molecule has 0 aromatic heterocycles. The van der Waals surface area contributed by atoms with Crippen LogP contribution in [0.4, 0.5) is 11.4 Å². The quantitative estimate of drug-likeness (QED) is 0.594. The zero-order valence-corrected chi connectivity index (χ0v) is 12.7. The maximum Gasteiger partial charge on any atom is 0.293 e. The van der Waals surface area contributed by atoms with E-state index in [2.05, 4.69) is 10.6 Å². The molecule has 0 radical (unpaired) electrons. The molecule has 0 unspecified atom stereocenters. The molecule has 0 atom stereocenters. The fraction of sp³-hybridized carbons (Fsp3) is 0.500. The Kier molecular flexibility index (Phi) is 5.66. The highest BCUT2D eigenvalue weighted by atomic mass is 16.6.